The van der Waals surface area contributed by atoms with Crippen LogP contribution in [0.1, 0.15) is 30.9 Å². The molecule has 78 valence electrons. The van der Waals surface area contributed by atoms with E-state index in [-0.39, 0.29) is 0 Å². The molecular weight excluding hydrogens is 184 g/mol. The number of para-hydroxylation sites is 1. The molecule has 2 nitrogen and oxygen atoms in total. The van der Waals surface area contributed by atoms with Crippen LogP contribution in [0.2, 0.25) is 0 Å². The number of benzene rings is 1. The zero-order chi connectivity index (χ0) is 10.8. The first kappa shape index (κ1) is 10.1. The maximum absolute atomic E-state index is 5.67. The third-order valence-corrected chi connectivity index (χ3v) is 2.70. The monoisotopic (exact) mass is 200 g/mol. The van der Waals surface area contributed by atoms with E-state index in [1.807, 2.05) is 18.3 Å². The number of hydrogen-bond donors (Lipinski definition) is 1. The van der Waals surface area contributed by atoms with Crippen LogP contribution >= 0.6 is 0 Å². The lowest BCUT2D eigenvalue weighted by molar-refractivity contribution is 0.861. The SMILES string of the molecule is CC(C)c1cnc2c(CN)cccc2c1. The number of nitrogens with two attached hydrogens (primary N) is 1. The van der Waals surface area contributed by atoms with Gasteiger partial charge >= 0.3 is 0 Å². The highest BCUT2D eigenvalue weighted by molar-refractivity contribution is 5.82. The molecule has 0 aliphatic heterocycles. The number of aromatic nitrogens is 1. The first-order valence-electron chi connectivity index (χ1n) is 5.30. The number of nitrogens with zero attached hydrogens (tertiary/aromatic N) is 1. The van der Waals surface area contributed by atoms with Crippen LogP contribution in [0.15, 0.2) is 30.5 Å². The van der Waals surface area contributed by atoms with E-state index >= 15 is 0 Å². The Labute approximate surface area is 90.1 Å². The Bertz CT molecular complexity index is 475. The molecule has 0 atom stereocenters. The average molecular weight is 200 g/mol. The number of pyridine rings is 1. The lowest BCUT2D eigenvalue weighted by Crippen LogP contribution is -1.99. The zero-order valence-corrected chi connectivity index (χ0v) is 9.20. The smallest absolute Gasteiger partial charge is 0.0747 e. The summed E-state index contributed by atoms with van der Waals surface area (Å²) in [6.45, 7) is 4.90. The van der Waals surface area contributed by atoms with E-state index in [2.05, 4.69) is 31.0 Å². The van der Waals surface area contributed by atoms with Crippen LogP contribution in [-0.4, -0.2) is 4.98 Å². The van der Waals surface area contributed by atoms with Crippen LogP contribution in [0.5, 0.6) is 0 Å². The molecule has 15 heavy (non-hydrogen) atoms. The molecule has 0 fully saturated rings. The first-order valence-corrected chi connectivity index (χ1v) is 5.30. The van der Waals surface area contributed by atoms with E-state index in [1.54, 1.807) is 0 Å². The Kier molecular flexibility index (Phi) is 2.69. The Morgan fingerprint density at radius 1 is 1.33 bits per heavy atom. The molecule has 0 aliphatic carbocycles. The quantitative estimate of drug-likeness (QED) is 0.809. The third kappa shape index (κ3) is 1.85. The van der Waals surface area contributed by atoms with Crippen molar-refractivity contribution in [1.82, 2.24) is 4.98 Å². The highest BCUT2D eigenvalue weighted by Crippen LogP contribution is 2.21. The van der Waals surface area contributed by atoms with Crippen molar-refractivity contribution >= 4 is 10.9 Å². The summed E-state index contributed by atoms with van der Waals surface area (Å²) >= 11 is 0. The lowest BCUT2D eigenvalue weighted by atomic mass is 10.0. The summed E-state index contributed by atoms with van der Waals surface area (Å²) in [5.74, 6) is 0.517. The van der Waals surface area contributed by atoms with Crippen molar-refractivity contribution in [3.05, 3.63) is 41.6 Å². The van der Waals surface area contributed by atoms with E-state index in [1.165, 1.54) is 10.9 Å². The molecule has 2 rings (SSSR count). The fraction of sp³-hybridized carbons (Fsp3) is 0.308. The summed E-state index contributed by atoms with van der Waals surface area (Å²) in [5.41, 5.74) is 9.09. The normalized spacial score (nSPS) is 11.2. The van der Waals surface area contributed by atoms with E-state index in [0.717, 1.165) is 11.1 Å². The third-order valence-electron chi connectivity index (χ3n) is 2.70. The first-order chi connectivity index (χ1) is 7.22. The fourth-order valence-electron chi connectivity index (χ4n) is 1.72. The molecule has 0 radical (unpaired) electrons. The molecule has 0 amide bonds. The predicted molar refractivity (Wildman–Crippen MR) is 63.7 cm³/mol. The largest absolute Gasteiger partial charge is 0.326 e. The van der Waals surface area contributed by atoms with Gasteiger partial charge in [0.15, 0.2) is 0 Å². The van der Waals surface area contributed by atoms with Crippen LogP contribution < -0.4 is 5.73 Å². The molecule has 1 aromatic heterocycles. The zero-order valence-electron chi connectivity index (χ0n) is 9.20. The van der Waals surface area contributed by atoms with E-state index in [9.17, 15) is 0 Å². The van der Waals surface area contributed by atoms with Gasteiger partial charge in [0.1, 0.15) is 0 Å². The Morgan fingerprint density at radius 3 is 2.80 bits per heavy atom. The lowest BCUT2D eigenvalue weighted by Gasteiger charge is -2.08. The molecule has 0 aliphatic rings. The number of fused-ring (bicyclic) bond motifs is 1. The molecule has 0 saturated heterocycles. The molecule has 1 aromatic carbocycles. The van der Waals surface area contributed by atoms with Gasteiger partial charge < -0.3 is 5.73 Å². The van der Waals surface area contributed by atoms with Crippen LogP contribution in [0.4, 0.5) is 0 Å². The minimum absolute atomic E-state index is 0.517. The Hall–Kier alpha value is -1.41. The average Bonchev–Trinajstić information content (AvgIpc) is 2.27. The van der Waals surface area contributed by atoms with Crippen molar-refractivity contribution in [3.8, 4) is 0 Å². The summed E-state index contributed by atoms with van der Waals surface area (Å²) < 4.78 is 0. The van der Waals surface area contributed by atoms with Crippen LogP contribution in [0.3, 0.4) is 0 Å². The minimum atomic E-state index is 0.517. The molecule has 0 spiro atoms. The van der Waals surface area contributed by atoms with E-state index < -0.39 is 0 Å². The topological polar surface area (TPSA) is 38.9 Å². The summed E-state index contributed by atoms with van der Waals surface area (Å²) in [7, 11) is 0. The second kappa shape index (κ2) is 3.99. The van der Waals surface area contributed by atoms with Crippen molar-refractivity contribution in [3.63, 3.8) is 0 Å². The van der Waals surface area contributed by atoms with Crippen LogP contribution in [0, 0.1) is 0 Å². The predicted octanol–water partition coefficient (Wildman–Crippen LogP) is 2.82. The number of rotatable bonds is 2. The van der Waals surface area contributed by atoms with Crippen molar-refractivity contribution in [1.29, 1.82) is 0 Å². The molecule has 0 saturated carbocycles. The van der Waals surface area contributed by atoms with Gasteiger partial charge in [-0.3, -0.25) is 4.98 Å². The van der Waals surface area contributed by atoms with Gasteiger partial charge in [-0.25, -0.2) is 0 Å². The van der Waals surface area contributed by atoms with Crippen molar-refractivity contribution in [2.24, 2.45) is 5.73 Å². The fourth-order valence-corrected chi connectivity index (χ4v) is 1.72. The van der Waals surface area contributed by atoms with E-state index in [0.29, 0.717) is 12.5 Å². The number of hydrogen-bond acceptors (Lipinski definition) is 2. The molecule has 2 aromatic rings. The molecule has 2 heteroatoms. The van der Waals surface area contributed by atoms with Crippen LogP contribution in [-0.2, 0) is 6.54 Å². The second-order valence-corrected chi connectivity index (χ2v) is 4.12. The molecule has 0 unspecified atom stereocenters. The highest BCUT2D eigenvalue weighted by Gasteiger charge is 2.04. The maximum Gasteiger partial charge on any atom is 0.0747 e. The van der Waals surface area contributed by atoms with E-state index in [4.69, 9.17) is 5.73 Å². The molecule has 0 bridgehead atoms. The Morgan fingerprint density at radius 2 is 2.13 bits per heavy atom. The summed E-state index contributed by atoms with van der Waals surface area (Å²) in [4.78, 5) is 4.49. The van der Waals surface area contributed by atoms with Gasteiger partial charge in [0, 0.05) is 18.1 Å². The standard InChI is InChI=1S/C13H16N2/c1-9(2)12-6-10-4-3-5-11(7-14)13(10)15-8-12/h3-6,8-9H,7,14H2,1-2H3. The van der Waals surface area contributed by atoms with Crippen LogP contribution in [0.25, 0.3) is 10.9 Å². The van der Waals surface area contributed by atoms with Gasteiger partial charge in [0.05, 0.1) is 5.52 Å². The van der Waals surface area contributed by atoms with Crippen molar-refractivity contribution in [2.75, 3.05) is 0 Å². The van der Waals surface area contributed by atoms with Gasteiger partial charge in [-0.1, -0.05) is 32.0 Å². The molecule has 1 heterocycles. The molecular formula is C13H16N2. The summed E-state index contributed by atoms with van der Waals surface area (Å²) in [6.07, 6.45) is 1.95. The van der Waals surface area contributed by atoms with Gasteiger partial charge in [-0.15, -0.1) is 0 Å². The summed E-state index contributed by atoms with van der Waals surface area (Å²) in [6, 6.07) is 8.36. The van der Waals surface area contributed by atoms with Gasteiger partial charge in [0.25, 0.3) is 0 Å². The molecule has 2 N–H and O–H groups in total. The maximum atomic E-state index is 5.67. The minimum Gasteiger partial charge on any atom is -0.326 e. The summed E-state index contributed by atoms with van der Waals surface area (Å²) in [5, 5.41) is 1.18. The van der Waals surface area contributed by atoms with Crippen molar-refractivity contribution in [2.45, 2.75) is 26.3 Å². The van der Waals surface area contributed by atoms with Gasteiger partial charge in [-0.2, -0.15) is 0 Å². The van der Waals surface area contributed by atoms with Gasteiger partial charge in [0.2, 0.25) is 0 Å². The Balaban J connectivity index is 2.63. The second-order valence-electron chi connectivity index (χ2n) is 4.12. The van der Waals surface area contributed by atoms with Crippen molar-refractivity contribution < 1.29 is 0 Å². The highest BCUT2D eigenvalue weighted by atomic mass is 14.7. The van der Waals surface area contributed by atoms with Gasteiger partial charge in [-0.05, 0) is 23.1 Å².